The second-order valence-electron chi connectivity index (χ2n) is 2.58. The molecule has 0 aliphatic heterocycles. The van der Waals surface area contributed by atoms with Crippen LogP contribution in [0.25, 0.3) is 0 Å². The summed E-state index contributed by atoms with van der Waals surface area (Å²) >= 11 is 0. The Bertz CT molecular complexity index is 249. The van der Waals surface area contributed by atoms with E-state index in [1.807, 2.05) is 0 Å². The predicted molar refractivity (Wildman–Crippen MR) is 50.2 cm³/mol. The van der Waals surface area contributed by atoms with Crippen LogP contribution in [-0.2, 0) is 14.3 Å². The van der Waals surface area contributed by atoms with E-state index in [9.17, 15) is 9.59 Å². The smallest absolute Gasteiger partial charge is 0.330 e. The third-order valence-electron chi connectivity index (χ3n) is 1.20. The summed E-state index contributed by atoms with van der Waals surface area (Å²) in [5.41, 5.74) is 0.737. The standard InChI is InChI=1S/C10H14O3/c1-4-13-10(12)6-5-8(2)7-9(3)11/h5-7H,4H2,1-3H3/b6-5-,8-7-. The van der Waals surface area contributed by atoms with Crippen molar-refractivity contribution in [1.29, 1.82) is 0 Å². The molecule has 0 heterocycles. The number of hydrogen-bond donors (Lipinski definition) is 0. The number of hydrogen-bond acceptors (Lipinski definition) is 3. The Morgan fingerprint density at radius 3 is 2.31 bits per heavy atom. The van der Waals surface area contributed by atoms with Gasteiger partial charge in [0.2, 0.25) is 0 Å². The van der Waals surface area contributed by atoms with Gasteiger partial charge in [0.25, 0.3) is 0 Å². The van der Waals surface area contributed by atoms with Crippen molar-refractivity contribution in [3.8, 4) is 0 Å². The third kappa shape index (κ3) is 7.00. The number of ketones is 1. The quantitative estimate of drug-likeness (QED) is 0.377. The Morgan fingerprint density at radius 1 is 1.23 bits per heavy atom. The summed E-state index contributed by atoms with van der Waals surface area (Å²) in [6.45, 7) is 5.31. The van der Waals surface area contributed by atoms with Gasteiger partial charge >= 0.3 is 5.97 Å². The van der Waals surface area contributed by atoms with Crippen LogP contribution in [0.1, 0.15) is 20.8 Å². The fourth-order valence-corrected chi connectivity index (χ4v) is 0.759. The lowest BCUT2D eigenvalue weighted by atomic mass is 10.2. The Hall–Kier alpha value is -1.38. The molecule has 0 rings (SSSR count). The summed E-state index contributed by atoms with van der Waals surface area (Å²) < 4.78 is 4.66. The molecule has 0 aromatic heterocycles. The number of rotatable bonds is 4. The molecule has 3 heteroatoms. The van der Waals surface area contributed by atoms with Crippen LogP contribution in [0.15, 0.2) is 23.8 Å². The molecule has 0 fully saturated rings. The Balaban J connectivity index is 4.11. The highest BCUT2D eigenvalue weighted by Crippen LogP contribution is 1.95. The Labute approximate surface area is 78.1 Å². The minimum absolute atomic E-state index is 0.0361. The Kier molecular flexibility index (Phi) is 5.52. The summed E-state index contributed by atoms with van der Waals surface area (Å²) in [7, 11) is 0. The third-order valence-corrected chi connectivity index (χ3v) is 1.20. The zero-order valence-corrected chi connectivity index (χ0v) is 8.16. The van der Waals surface area contributed by atoms with Crippen LogP contribution in [0.4, 0.5) is 0 Å². The first-order valence-corrected chi connectivity index (χ1v) is 4.10. The van der Waals surface area contributed by atoms with Crippen molar-refractivity contribution in [1.82, 2.24) is 0 Å². The molecular formula is C10H14O3. The lowest BCUT2D eigenvalue weighted by molar-refractivity contribution is -0.137. The van der Waals surface area contributed by atoms with E-state index in [-0.39, 0.29) is 11.8 Å². The molecule has 3 nitrogen and oxygen atoms in total. The largest absolute Gasteiger partial charge is 0.463 e. The van der Waals surface area contributed by atoms with Gasteiger partial charge in [0.15, 0.2) is 5.78 Å². The SMILES string of the molecule is CCOC(=O)/C=C\C(C)=C/C(C)=O. The molecule has 72 valence electrons. The topological polar surface area (TPSA) is 43.4 Å². The van der Waals surface area contributed by atoms with Crippen LogP contribution in [0, 0.1) is 0 Å². The molecular weight excluding hydrogens is 168 g/mol. The van der Waals surface area contributed by atoms with Gasteiger partial charge in [-0.2, -0.15) is 0 Å². The van der Waals surface area contributed by atoms with E-state index in [4.69, 9.17) is 0 Å². The van der Waals surface area contributed by atoms with Gasteiger partial charge in [-0.3, -0.25) is 4.79 Å². The lowest BCUT2D eigenvalue weighted by Gasteiger charge is -1.94. The highest BCUT2D eigenvalue weighted by molar-refractivity contribution is 5.89. The molecule has 0 aromatic rings. The summed E-state index contributed by atoms with van der Waals surface area (Å²) in [4.78, 5) is 21.4. The second-order valence-corrected chi connectivity index (χ2v) is 2.58. The zero-order chi connectivity index (χ0) is 10.3. The van der Waals surface area contributed by atoms with Crippen LogP contribution in [0.5, 0.6) is 0 Å². The molecule has 0 aliphatic carbocycles. The van der Waals surface area contributed by atoms with Crippen LogP contribution in [0.2, 0.25) is 0 Å². The van der Waals surface area contributed by atoms with E-state index in [1.54, 1.807) is 19.9 Å². The molecule has 0 saturated heterocycles. The van der Waals surface area contributed by atoms with Crippen molar-refractivity contribution in [3.05, 3.63) is 23.8 Å². The summed E-state index contributed by atoms with van der Waals surface area (Å²) in [5, 5.41) is 0. The fraction of sp³-hybridized carbons (Fsp3) is 0.400. The van der Waals surface area contributed by atoms with Crippen molar-refractivity contribution >= 4 is 11.8 Å². The fourth-order valence-electron chi connectivity index (χ4n) is 0.759. The first-order chi connectivity index (χ1) is 6.06. The first-order valence-electron chi connectivity index (χ1n) is 4.10. The molecule has 0 spiro atoms. The molecule has 0 aromatic carbocycles. The van der Waals surface area contributed by atoms with Gasteiger partial charge in [0.05, 0.1) is 6.61 Å². The monoisotopic (exact) mass is 182 g/mol. The first kappa shape index (κ1) is 11.6. The molecule has 0 amide bonds. The van der Waals surface area contributed by atoms with Gasteiger partial charge in [0, 0.05) is 6.08 Å². The van der Waals surface area contributed by atoms with E-state index in [1.165, 1.54) is 19.1 Å². The molecule has 0 atom stereocenters. The summed E-state index contributed by atoms with van der Waals surface area (Å²) in [6.07, 6.45) is 4.31. The van der Waals surface area contributed by atoms with Crippen LogP contribution < -0.4 is 0 Å². The van der Waals surface area contributed by atoms with Gasteiger partial charge in [-0.15, -0.1) is 0 Å². The normalized spacial score (nSPS) is 11.8. The molecule has 13 heavy (non-hydrogen) atoms. The zero-order valence-electron chi connectivity index (χ0n) is 8.16. The van der Waals surface area contributed by atoms with E-state index in [0.717, 1.165) is 5.57 Å². The van der Waals surface area contributed by atoms with Gasteiger partial charge in [-0.05, 0) is 32.4 Å². The average Bonchev–Trinajstić information content (AvgIpc) is 2.00. The predicted octanol–water partition coefficient (Wildman–Crippen LogP) is 1.64. The number of ether oxygens (including phenoxy) is 1. The van der Waals surface area contributed by atoms with Gasteiger partial charge < -0.3 is 4.74 Å². The van der Waals surface area contributed by atoms with Crippen molar-refractivity contribution in [3.63, 3.8) is 0 Å². The number of carbonyl (C=O) groups is 2. The minimum Gasteiger partial charge on any atom is -0.463 e. The van der Waals surface area contributed by atoms with Crippen molar-refractivity contribution in [2.24, 2.45) is 0 Å². The number of esters is 1. The van der Waals surface area contributed by atoms with Crippen LogP contribution in [0.3, 0.4) is 0 Å². The highest BCUT2D eigenvalue weighted by atomic mass is 16.5. The van der Waals surface area contributed by atoms with Crippen molar-refractivity contribution < 1.29 is 14.3 Å². The molecule has 0 saturated carbocycles. The van der Waals surface area contributed by atoms with Gasteiger partial charge in [0.1, 0.15) is 0 Å². The summed E-state index contributed by atoms with van der Waals surface area (Å²) in [6, 6.07) is 0. The van der Waals surface area contributed by atoms with Crippen LogP contribution in [-0.4, -0.2) is 18.4 Å². The lowest BCUT2D eigenvalue weighted by Crippen LogP contribution is -1.98. The minimum atomic E-state index is -0.390. The number of carbonyl (C=O) groups excluding carboxylic acids is 2. The van der Waals surface area contributed by atoms with Crippen LogP contribution >= 0.6 is 0 Å². The summed E-state index contributed by atoms with van der Waals surface area (Å²) in [5.74, 6) is -0.426. The molecule has 0 bridgehead atoms. The number of allylic oxidation sites excluding steroid dienone is 3. The second kappa shape index (κ2) is 6.17. The maximum absolute atomic E-state index is 10.8. The van der Waals surface area contributed by atoms with Gasteiger partial charge in [-0.25, -0.2) is 4.79 Å². The van der Waals surface area contributed by atoms with E-state index < -0.39 is 0 Å². The highest BCUT2D eigenvalue weighted by Gasteiger charge is 1.93. The maximum Gasteiger partial charge on any atom is 0.330 e. The average molecular weight is 182 g/mol. The van der Waals surface area contributed by atoms with E-state index >= 15 is 0 Å². The Morgan fingerprint density at radius 2 is 1.85 bits per heavy atom. The van der Waals surface area contributed by atoms with Gasteiger partial charge in [-0.1, -0.05) is 6.08 Å². The van der Waals surface area contributed by atoms with E-state index in [2.05, 4.69) is 4.74 Å². The molecule has 0 radical (unpaired) electrons. The van der Waals surface area contributed by atoms with Crippen molar-refractivity contribution in [2.45, 2.75) is 20.8 Å². The van der Waals surface area contributed by atoms with E-state index in [0.29, 0.717) is 6.61 Å². The maximum atomic E-state index is 10.8. The molecule has 0 aliphatic rings. The molecule has 0 N–H and O–H groups in total. The molecule has 0 unspecified atom stereocenters. The van der Waals surface area contributed by atoms with Crippen molar-refractivity contribution in [2.75, 3.05) is 6.61 Å².